The highest BCUT2D eigenvalue weighted by molar-refractivity contribution is 5.62. The van der Waals surface area contributed by atoms with Crippen LogP contribution in [0, 0.1) is 11.3 Å². The summed E-state index contributed by atoms with van der Waals surface area (Å²) in [6.45, 7) is 3.83. The number of hydrogen-bond donors (Lipinski definition) is 0. The molecule has 0 aliphatic carbocycles. The topological polar surface area (TPSA) is 52.4 Å². The van der Waals surface area contributed by atoms with E-state index >= 15 is 0 Å². The Morgan fingerprint density at radius 2 is 1.95 bits per heavy atom. The largest absolute Gasteiger partial charge is 0.456 e. The van der Waals surface area contributed by atoms with Crippen molar-refractivity contribution in [2.24, 2.45) is 0 Å². The highest BCUT2D eigenvalue weighted by Crippen LogP contribution is 2.29. The maximum absolute atomic E-state index is 9.34. The highest BCUT2D eigenvalue weighted by Gasteiger charge is 2.18. The second-order valence-corrected chi connectivity index (χ2v) is 5.37. The standard InChI is InChI=1S/C17H18N4O/c1-20-7-9-21(10-8-20)17-11-15(5-4-14(17)12-18)22-16-3-2-6-19-13-16/h2-6,11,13H,7-10H2,1H3. The van der Waals surface area contributed by atoms with Crippen LogP contribution in [0.2, 0.25) is 0 Å². The average molecular weight is 294 g/mol. The van der Waals surface area contributed by atoms with Gasteiger partial charge in [-0.1, -0.05) is 0 Å². The van der Waals surface area contributed by atoms with Gasteiger partial charge >= 0.3 is 0 Å². The number of aromatic nitrogens is 1. The summed E-state index contributed by atoms with van der Waals surface area (Å²) in [5, 5.41) is 9.34. The molecule has 0 spiro atoms. The first-order chi connectivity index (χ1) is 10.8. The molecule has 3 rings (SSSR count). The predicted octanol–water partition coefficient (Wildman–Crippen LogP) is 2.50. The fourth-order valence-corrected chi connectivity index (χ4v) is 2.52. The van der Waals surface area contributed by atoms with Gasteiger partial charge in [0.15, 0.2) is 0 Å². The van der Waals surface area contributed by atoms with Crippen molar-refractivity contribution in [3.05, 3.63) is 48.3 Å². The zero-order chi connectivity index (χ0) is 15.4. The lowest BCUT2D eigenvalue weighted by Gasteiger charge is -2.34. The predicted molar refractivity (Wildman–Crippen MR) is 85.2 cm³/mol. The monoisotopic (exact) mass is 294 g/mol. The minimum absolute atomic E-state index is 0.683. The van der Waals surface area contributed by atoms with Crippen LogP contribution in [0.25, 0.3) is 0 Å². The molecule has 1 fully saturated rings. The number of piperazine rings is 1. The summed E-state index contributed by atoms with van der Waals surface area (Å²) >= 11 is 0. The fraction of sp³-hybridized carbons (Fsp3) is 0.294. The van der Waals surface area contributed by atoms with Gasteiger partial charge in [-0.05, 0) is 31.3 Å². The van der Waals surface area contributed by atoms with Crippen molar-refractivity contribution >= 4 is 5.69 Å². The maximum atomic E-state index is 9.34. The summed E-state index contributed by atoms with van der Waals surface area (Å²) in [5.41, 5.74) is 1.63. The minimum atomic E-state index is 0.683. The van der Waals surface area contributed by atoms with Gasteiger partial charge in [-0.15, -0.1) is 0 Å². The number of hydrogen-bond acceptors (Lipinski definition) is 5. The van der Waals surface area contributed by atoms with E-state index in [1.165, 1.54) is 0 Å². The van der Waals surface area contributed by atoms with Gasteiger partial charge in [0.05, 0.1) is 17.4 Å². The lowest BCUT2D eigenvalue weighted by molar-refractivity contribution is 0.312. The summed E-state index contributed by atoms with van der Waals surface area (Å²) in [6, 6.07) is 11.6. The van der Waals surface area contributed by atoms with Crippen LogP contribution < -0.4 is 9.64 Å². The Hall–Kier alpha value is -2.58. The molecule has 0 bridgehead atoms. The third kappa shape index (κ3) is 3.18. The number of nitriles is 1. The number of benzene rings is 1. The number of likely N-dealkylation sites (N-methyl/N-ethyl adjacent to an activating group) is 1. The Bertz CT molecular complexity index is 673. The van der Waals surface area contributed by atoms with E-state index in [0.717, 1.165) is 37.6 Å². The SMILES string of the molecule is CN1CCN(c2cc(Oc3cccnc3)ccc2C#N)CC1. The lowest BCUT2D eigenvalue weighted by Crippen LogP contribution is -2.44. The molecule has 0 N–H and O–H groups in total. The molecule has 1 aromatic heterocycles. The van der Waals surface area contributed by atoms with Crippen LogP contribution >= 0.6 is 0 Å². The first-order valence-electron chi connectivity index (χ1n) is 7.32. The fourth-order valence-electron chi connectivity index (χ4n) is 2.52. The number of nitrogens with zero attached hydrogens (tertiary/aromatic N) is 4. The Morgan fingerprint density at radius 1 is 1.14 bits per heavy atom. The summed E-state index contributed by atoms with van der Waals surface area (Å²) in [4.78, 5) is 8.58. The number of ether oxygens (including phenoxy) is 1. The van der Waals surface area contributed by atoms with Crippen molar-refractivity contribution in [2.45, 2.75) is 0 Å². The van der Waals surface area contributed by atoms with Gasteiger partial charge in [-0.2, -0.15) is 5.26 Å². The molecule has 0 saturated carbocycles. The zero-order valence-corrected chi connectivity index (χ0v) is 12.6. The highest BCUT2D eigenvalue weighted by atomic mass is 16.5. The van der Waals surface area contributed by atoms with Crippen molar-refractivity contribution in [3.8, 4) is 17.6 Å². The summed E-state index contributed by atoms with van der Waals surface area (Å²) in [7, 11) is 2.12. The molecular weight excluding hydrogens is 276 g/mol. The Labute approximate surface area is 130 Å². The second-order valence-electron chi connectivity index (χ2n) is 5.37. The zero-order valence-electron chi connectivity index (χ0n) is 12.6. The van der Waals surface area contributed by atoms with Crippen molar-refractivity contribution < 1.29 is 4.74 Å². The van der Waals surface area contributed by atoms with E-state index in [4.69, 9.17) is 4.74 Å². The molecular formula is C17H18N4O. The van der Waals surface area contributed by atoms with Crippen LogP contribution in [-0.2, 0) is 0 Å². The van der Waals surface area contributed by atoms with Gasteiger partial charge < -0.3 is 14.5 Å². The smallest absolute Gasteiger partial charge is 0.145 e. The van der Waals surface area contributed by atoms with E-state index in [2.05, 4.69) is 27.9 Å². The van der Waals surface area contributed by atoms with Gasteiger partial charge in [0.25, 0.3) is 0 Å². The van der Waals surface area contributed by atoms with Crippen molar-refractivity contribution in [1.29, 1.82) is 5.26 Å². The molecule has 112 valence electrons. The molecule has 0 amide bonds. The molecule has 0 unspecified atom stereocenters. The molecule has 0 radical (unpaired) electrons. The molecule has 1 aromatic carbocycles. The molecule has 5 heteroatoms. The van der Waals surface area contributed by atoms with E-state index in [-0.39, 0.29) is 0 Å². The van der Waals surface area contributed by atoms with Crippen LogP contribution in [0.3, 0.4) is 0 Å². The summed E-state index contributed by atoms with van der Waals surface area (Å²) in [6.07, 6.45) is 3.38. The van der Waals surface area contributed by atoms with Crippen molar-refractivity contribution in [3.63, 3.8) is 0 Å². The van der Waals surface area contributed by atoms with Crippen molar-refractivity contribution in [2.75, 3.05) is 38.1 Å². The lowest BCUT2D eigenvalue weighted by atomic mass is 10.1. The third-order valence-corrected chi connectivity index (χ3v) is 3.80. The van der Waals surface area contributed by atoms with Gasteiger partial charge in [-0.25, -0.2) is 0 Å². The van der Waals surface area contributed by atoms with E-state index in [1.807, 2.05) is 30.3 Å². The summed E-state index contributed by atoms with van der Waals surface area (Å²) < 4.78 is 5.82. The van der Waals surface area contributed by atoms with E-state index < -0.39 is 0 Å². The molecule has 2 heterocycles. The normalized spacial score (nSPS) is 15.4. The molecule has 1 saturated heterocycles. The van der Waals surface area contributed by atoms with Gasteiger partial charge in [-0.3, -0.25) is 4.98 Å². The molecule has 2 aromatic rings. The quantitative estimate of drug-likeness (QED) is 0.870. The van der Waals surface area contributed by atoms with Gasteiger partial charge in [0.2, 0.25) is 0 Å². The molecule has 1 aliphatic rings. The van der Waals surface area contributed by atoms with Crippen LogP contribution in [0.4, 0.5) is 5.69 Å². The molecule has 1 aliphatic heterocycles. The van der Waals surface area contributed by atoms with Crippen LogP contribution in [0.5, 0.6) is 11.5 Å². The average Bonchev–Trinajstić information content (AvgIpc) is 2.56. The maximum Gasteiger partial charge on any atom is 0.145 e. The van der Waals surface area contributed by atoms with Gasteiger partial charge in [0, 0.05) is 38.4 Å². The van der Waals surface area contributed by atoms with Crippen LogP contribution in [-0.4, -0.2) is 43.1 Å². The van der Waals surface area contributed by atoms with E-state index in [9.17, 15) is 5.26 Å². The first-order valence-corrected chi connectivity index (χ1v) is 7.32. The van der Waals surface area contributed by atoms with Crippen molar-refractivity contribution in [1.82, 2.24) is 9.88 Å². The van der Waals surface area contributed by atoms with E-state index in [1.54, 1.807) is 12.4 Å². The summed E-state index contributed by atoms with van der Waals surface area (Å²) in [5.74, 6) is 1.41. The molecule has 22 heavy (non-hydrogen) atoms. The second kappa shape index (κ2) is 6.46. The molecule has 0 atom stereocenters. The Balaban J connectivity index is 1.85. The number of anilines is 1. The van der Waals surface area contributed by atoms with E-state index in [0.29, 0.717) is 11.3 Å². The third-order valence-electron chi connectivity index (χ3n) is 3.80. The first kappa shape index (κ1) is 14.4. The van der Waals surface area contributed by atoms with Crippen LogP contribution in [0.1, 0.15) is 5.56 Å². The minimum Gasteiger partial charge on any atom is -0.456 e. The Kier molecular flexibility index (Phi) is 4.22. The molecule has 5 nitrogen and oxygen atoms in total. The Morgan fingerprint density at radius 3 is 2.64 bits per heavy atom. The van der Waals surface area contributed by atoms with Gasteiger partial charge in [0.1, 0.15) is 17.6 Å². The number of pyridine rings is 1. The van der Waals surface area contributed by atoms with Crippen LogP contribution in [0.15, 0.2) is 42.7 Å². The number of rotatable bonds is 3.